The molecular formula is C17H36N2O2. The Bertz CT molecular complexity index is 310. The third kappa shape index (κ3) is 9.10. The molecule has 21 heavy (non-hydrogen) atoms. The Kier molecular flexibility index (Phi) is 8.49. The first kappa shape index (κ1) is 20.4. The highest BCUT2D eigenvalue weighted by molar-refractivity contribution is 5.80. The molecule has 0 spiro atoms. The molecule has 4 heteroatoms. The van der Waals surface area contributed by atoms with Crippen LogP contribution in [0, 0.1) is 5.41 Å². The van der Waals surface area contributed by atoms with Gasteiger partial charge in [-0.3, -0.25) is 10.1 Å². The van der Waals surface area contributed by atoms with Crippen molar-refractivity contribution in [1.82, 2.24) is 10.2 Å². The third-order valence-electron chi connectivity index (χ3n) is 3.45. The van der Waals surface area contributed by atoms with E-state index >= 15 is 0 Å². The summed E-state index contributed by atoms with van der Waals surface area (Å²) in [6.07, 6.45) is 2.92. The molecule has 0 aliphatic carbocycles. The summed E-state index contributed by atoms with van der Waals surface area (Å²) in [5.41, 5.74) is -0.250. The Labute approximate surface area is 131 Å². The van der Waals surface area contributed by atoms with Crippen molar-refractivity contribution in [3.63, 3.8) is 0 Å². The first-order valence-corrected chi connectivity index (χ1v) is 8.05. The minimum Gasteiger partial charge on any atom is -0.468 e. The molecule has 0 aromatic carbocycles. The lowest BCUT2D eigenvalue weighted by Crippen LogP contribution is -2.53. The number of nitrogens with zero attached hydrogens (tertiary/aromatic N) is 1. The molecule has 0 fully saturated rings. The SMILES string of the molecule is COC(=O)C(C)(CCCCN(C)CC(C)(C)C)NC(C)C. The molecule has 0 saturated carbocycles. The van der Waals surface area contributed by atoms with Crippen LogP contribution in [0.25, 0.3) is 0 Å². The number of rotatable bonds is 9. The van der Waals surface area contributed by atoms with E-state index in [2.05, 4.69) is 51.9 Å². The van der Waals surface area contributed by atoms with E-state index in [1.54, 1.807) is 0 Å². The number of unbranched alkanes of at least 4 members (excludes halogenated alkanes) is 1. The van der Waals surface area contributed by atoms with Crippen molar-refractivity contribution in [3.8, 4) is 0 Å². The normalized spacial score (nSPS) is 15.3. The molecule has 0 bridgehead atoms. The third-order valence-corrected chi connectivity index (χ3v) is 3.45. The van der Waals surface area contributed by atoms with Crippen molar-refractivity contribution >= 4 is 5.97 Å². The number of carbonyl (C=O) groups is 1. The number of nitrogens with one attached hydrogen (secondary N) is 1. The van der Waals surface area contributed by atoms with Crippen LogP contribution in [0.1, 0.15) is 60.8 Å². The second-order valence-electron chi connectivity index (χ2n) is 7.88. The largest absolute Gasteiger partial charge is 0.468 e. The van der Waals surface area contributed by atoms with Crippen LogP contribution in [0.4, 0.5) is 0 Å². The van der Waals surface area contributed by atoms with E-state index < -0.39 is 5.54 Å². The molecule has 0 aromatic rings. The number of hydrogen-bond donors (Lipinski definition) is 1. The minimum absolute atomic E-state index is 0.167. The number of carbonyl (C=O) groups excluding carboxylic acids is 1. The fraction of sp³-hybridized carbons (Fsp3) is 0.941. The molecule has 0 heterocycles. The average Bonchev–Trinajstić information content (AvgIpc) is 2.30. The molecule has 0 aliphatic heterocycles. The van der Waals surface area contributed by atoms with Crippen molar-refractivity contribution in [2.75, 3.05) is 27.2 Å². The van der Waals surface area contributed by atoms with Gasteiger partial charge >= 0.3 is 5.97 Å². The van der Waals surface area contributed by atoms with Crippen molar-refractivity contribution in [1.29, 1.82) is 0 Å². The molecular weight excluding hydrogens is 264 g/mol. The van der Waals surface area contributed by atoms with Crippen LogP contribution in [-0.4, -0.2) is 49.7 Å². The molecule has 0 aromatic heterocycles. The molecule has 0 radical (unpaired) electrons. The fourth-order valence-electron chi connectivity index (χ4n) is 2.84. The highest BCUT2D eigenvalue weighted by Crippen LogP contribution is 2.18. The van der Waals surface area contributed by atoms with Crippen LogP contribution in [0.2, 0.25) is 0 Å². The molecule has 1 atom stereocenters. The Balaban J connectivity index is 4.24. The summed E-state index contributed by atoms with van der Waals surface area (Å²) in [4.78, 5) is 14.4. The van der Waals surface area contributed by atoms with E-state index in [0.29, 0.717) is 5.41 Å². The lowest BCUT2D eigenvalue weighted by Gasteiger charge is -2.31. The van der Waals surface area contributed by atoms with E-state index in [4.69, 9.17) is 4.74 Å². The molecule has 0 saturated heterocycles. The molecule has 1 N–H and O–H groups in total. The first-order chi connectivity index (χ1) is 9.50. The highest BCUT2D eigenvalue weighted by atomic mass is 16.5. The van der Waals surface area contributed by atoms with Gasteiger partial charge in [0.2, 0.25) is 0 Å². The van der Waals surface area contributed by atoms with Gasteiger partial charge < -0.3 is 9.64 Å². The molecule has 126 valence electrons. The molecule has 0 rings (SSSR count). The lowest BCUT2D eigenvalue weighted by atomic mass is 9.93. The number of ether oxygens (including phenoxy) is 1. The summed E-state index contributed by atoms with van der Waals surface area (Å²) >= 11 is 0. The van der Waals surface area contributed by atoms with Gasteiger partial charge in [-0.25, -0.2) is 0 Å². The number of hydrogen-bond acceptors (Lipinski definition) is 4. The molecule has 0 amide bonds. The van der Waals surface area contributed by atoms with Gasteiger partial charge in [0.25, 0.3) is 0 Å². The predicted molar refractivity (Wildman–Crippen MR) is 89.5 cm³/mol. The van der Waals surface area contributed by atoms with Crippen LogP contribution in [-0.2, 0) is 9.53 Å². The number of methoxy groups -OCH3 is 1. The summed E-state index contributed by atoms with van der Waals surface area (Å²) < 4.78 is 4.95. The highest BCUT2D eigenvalue weighted by Gasteiger charge is 2.34. The van der Waals surface area contributed by atoms with E-state index in [1.807, 2.05) is 6.92 Å². The first-order valence-electron chi connectivity index (χ1n) is 8.05. The van der Waals surface area contributed by atoms with Crippen LogP contribution in [0.15, 0.2) is 0 Å². The van der Waals surface area contributed by atoms with Gasteiger partial charge in [0.15, 0.2) is 0 Å². The Hall–Kier alpha value is -0.610. The van der Waals surface area contributed by atoms with Crippen molar-refractivity contribution in [2.45, 2.75) is 72.4 Å². The minimum atomic E-state index is -0.578. The fourth-order valence-corrected chi connectivity index (χ4v) is 2.84. The Morgan fingerprint density at radius 1 is 1.19 bits per heavy atom. The summed E-state index contributed by atoms with van der Waals surface area (Å²) in [5.74, 6) is -0.167. The van der Waals surface area contributed by atoms with Gasteiger partial charge in [-0.15, -0.1) is 0 Å². The van der Waals surface area contributed by atoms with Gasteiger partial charge in [-0.05, 0) is 59.0 Å². The van der Waals surface area contributed by atoms with E-state index in [9.17, 15) is 4.79 Å². The summed E-state index contributed by atoms with van der Waals surface area (Å²) in [7, 11) is 3.62. The van der Waals surface area contributed by atoms with Crippen LogP contribution in [0.3, 0.4) is 0 Å². The lowest BCUT2D eigenvalue weighted by molar-refractivity contribution is -0.148. The summed E-state index contributed by atoms with van der Waals surface area (Å²) in [6.45, 7) is 15.0. The summed E-state index contributed by atoms with van der Waals surface area (Å²) in [5, 5.41) is 3.35. The maximum Gasteiger partial charge on any atom is 0.325 e. The van der Waals surface area contributed by atoms with E-state index in [1.165, 1.54) is 7.11 Å². The van der Waals surface area contributed by atoms with Crippen LogP contribution >= 0.6 is 0 Å². The average molecular weight is 300 g/mol. The second kappa shape index (κ2) is 8.74. The Morgan fingerprint density at radius 3 is 2.19 bits per heavy atom. The maximum atomic E-state index is 12.0. The second-order valence-corrected chi connectivity index (χ2v) is 7.88. The molecule has 0 aliphatic rings. The van der Waals surface area contributed by atoms with E-state index in [0.717, 1.165) is 32.4 Å². The van der Waals surface area contributed by atoms with Gasteiger partial charge in [-0.2, -0.15) is 0 Å². The number of esters is 1. The molecule has 4 nitrogen and oxygen atoms in total. The van der Waals surface area contributed by atoms with Crippen LogP contribution in [0.5, 0.6) is 0 Å². The van der Waals surface area contributed by atoms with E-state index in [-0.39, 0.29) is 12.0 Å². The quantitative estimate of drug-likeness (QED) is 0.525. The monoisotopic (exact) mass is 300 g/mol. The zero-order valence-electron chi connectivity index (χ0n) is 15.4. The van der Waals surface area contributed by atoms with Crippen LogP contribution < -0.4 is 5.32 Å². The molecule has 1 unspecified atom stereocenters. The smallest absolute Gasteiger partial charge is 0.325 e. The standard InChI is InChI=1S/C17H36N2O2/c1-14(2)18-17(6,15(20)21-8)11-9-10-12-19(7)13-16(3,4)5/h14,18H,9-13H2,1-8H3. The zero-order chi connectivity index (χ0) is 16.7. The van der Waals surface area contributed by atoms with Gasteiger partial charge in [-0.1, -0.05) is 20.8 Å². The van der Waals surface area contributed by atoms with Crippen molar-refractivity contribution in [3.05, 3.63) is 0 Å². The van der Waals surface area contributed by atoms with Gasteiger partial charge in [0.1, 0.15) is 5.54 Å². The predicted octanol–water partition coefficient (Wildman–Crippen LogP) is 3.06. The zero-order valence-corrected chi connectivity index (χ0v) is 15.4. The maximum absolute atomic E-state index is 12.0. The van der Waals surface area contributed by atoms with Crippen molar-refractivity contribution < 1.29 is 9.53 Å². The Morgan fingerprint density at radius 2 is 1.76 bits per heavy atom. The van der Waals surface area contributed by atoms with Gasteiger partial charge in [0, 0.05) is 12.6 Å². The summed E-state index contributed by atoms with van der Waals surface area (Å²) in [6, 6.07) is 0.262. The van der Waals surface area contributed by atoms with Crippen molar-refractivity contribution in [2.24, 2.45) is 5.41 Å². The topological polar surface area (TPSA) is 41.6 Å². The van der Waals surface area contributed by atoms with Gasteiger partial charge in [0.05, 0.1) is 7.11 Å².